The molecule has 0 aromatic rings. The van der Waals surface area contributed by atoms with E-state index in [0.717, 1.165) is 19.3 Å². The van der Waals surface area contributed by atoms with E-state index in [1.54, 1.807) is 0 Å². The van der Waals surface area contributed by atoms with Gasteiger partial charge in [-0.05, 0) is 19.3 Å². The van der Waals surface area contributed by atoms with Crippen LogP contribution in [0.15, 0.2) is 0 Å². The molecule has 0 heterocycles. The molecule has 0 aliphatic heterocycles. The average molecular weight is 246 g/mol. The van der Waals surface area contributed by atoms with E-state index >= 15 is 0 Å². The molecular weight excluding hydrogens is 216 g/mol. The molecule has 0 aromatic carbocycles. The lowest BCUT2D eigenvalue weighted by atomic mass is 10.1. The van der Waals surface area contributed by atoms with Crippen LogP contribution in [0.3, 0.4) is 0 Å². The summed E-state index contributed by atoms with van der Waals surface area (Å²) in [6, 6.07) is 0. The van der Waals surface area contributed by atoms with E-state index in [0.29, 0.717) is 19.6 Å². The quantitative estimate of drug-likeness (QED) is 0.521. The van der Waals surface area contributed by atoms with Crippen molar-refractivity contribution in [2.45, 2.75) is 77.4 Å². The molecule has 3 nitrogen and oxygen atoms in total. The highest BCUT2D eigenvalue weighted by Gasteiger charge is 2.05. The topological polar surface area (TPSA) is 49.7 Å². The van der Waals surface area contributed by atoms with E-state index in [2.05, 4.69) is 6.92 Å². The van der Waals surface area contributed by atoms with Crippen LogP contribution in [-0.4, -0.2) is 35.6 Å². The molecule has 0 saturated carbocycles. The third kappa shape index (κ3) is 12.1. The molecule has 0 bridgehead atoms. The average Bonchev–Trinajstić information content (AvgIpc) is 2.34. The van der Waals surface area contributed by atoms with Gasteiger partial charge in [0.25, 0.3) is 0 Å². The fourth-order valence-corrected chi connectivity index (χ4v) is 1.68. The van der Waals surface area contributed by atoms with Gasteiger partial charge in [0.2, 0.25) is 0 Å². The van der Waals surface area contributed by atoms with Gasteiger partial charge in [0.05, 0.1) is 18.8 Å². The highest BCUT2D eigenvalue weighted by molar-refractivity contribution is 4.56. The maximum Gasteiger partial charge on any atom is 0.0771 e. The lowest BCUT2D eigenvalue weighted by molar-refractivity contribution is 0.0184. The molecule has 104 valence electrons. The van der Waals surface area contributed by atoms with Crippen LogP contribution in [0.2, 0.25) is 0 Å². The van der Waals surface area contributed by atoms with E-state index in [1.807, 2.05) is 6.92 Å². The summed E-state index contributed by atoms with van der Waals surface area (Å²) in [5.74, 6) is 0. The van der Waals surface area contributed by atoms with Crippen LogP contribution in [0.5, 0.6) is 0 Å². The lowest BCUT2D eigenvalue weighted by Crippen LogP contribution is -2.17. The number of rotatable bonds is 12. The zero-order valence-electron chi connectivity index (χ0n) is 11.5. The third-order valence-corrected chi connectivity index (χ3v) is 3.02. The van der Waals surface area contributed by atoms with Crippen molar-refractivity contribution in [2.75, 3.05) is 13.2 Å². The highest BCUT2D eigenvalue weighted by Crippen LogP contribution is 2.09. The van der Waals surface area contributed by atoms with Crippen LogP contribution in [0.1, 0.15) is 65.2 Å². The lowest BCUT2D eigenvalue weighted by Gasteiger charge is -2.12. The number of aliphatic hydroxyl groups is 2. The van der Waals surface area contributed by atoms with Gasteiger partial charge >= 0.3 is 0 Å². The molecule has 0 fully saturated rings. The SMILES string of the molecule is CCCCCCCC(O)CCOCC(O)CC. The fraction of sp³-hybridized carbons (Fsp3) is 1.00. The molecule has 2 atom stereocenters. The van der Waals surface area contributed by atoms with E-state index in [1.165, 1.54) is 25.7 Å². The Balaban J connectivity index is 3.20. The van der Waals surface area contributed by atoms with E-state index in [-0.39, 0.29) is 12.2 Å². The Morgan fingerprint density at radius 2 is 1.59 bits per heavy atom. The normalized spacial score (nSPS) is 14.8. The van der Waals surface area contributed by atoms with Gasteiger partial charge in [-0.1, -0.05) is 46.0 Å². The van der Waals surface area contributed by atoms with Crippen molar-refractivity contribution >= 4 is 0 Å². The Morgan fingerprint density at radius 3 is 2.24 bits per heavy atom. The number of ether oxygens (including phenoxy) is 1. The summed E-state index contributed by atoms with van der Waals surface area (Å²) in [6.07, 6.45) is 7.86. The first-order valence-electron chi connectivity index (χ1n) is 7.14. The summed E-state index contributed by atoms with van der Waals surface area (Å²) < 4.78 is 5.29. The van der Waals surface area contributed by atoms with Crippen molar-refractivity contribution in [2.24, 2.45) is 0 Å². The van der Waals surface area contributed by atoms with E-state index in [4.69, 9.17) is 4.74 Å². The van der Waals surface area contributed by atoms with Crippen LogP contribution < -0.4 is 0 Å². The molecule has 0 aliphatic carbocycles. The summed E-state index contributed by atoms with van der Waals surface area (Å²) in [6.45, 7) is 5.07. The van der Waals surface area contributed by atoms with Gasteiger partial charge in [0.15, 0.2) is 0 Å². The van der Waals surface area contributed by atoms with E-state index < -0.39 is 0 Å². The van der Waals surface area contributed by atoms with Crippen molar-refractivity contribution in [3.05, 3.63) is 0 Å². The summed E-state index contributed by atoms with van der Waals surface area (Å²) in [4.78, 5) is 0. The van der Waals surface area contributed by atoms with Crippen molar-refractivity contribution in [3.63, 3.8) is 0 Å². The van der Waals surface area contributed by atoms with Gasteiger partial charge in [0.1, 0.15) is 0 Å². The molecule has 0 aliphatic rings. The van der Waals surface area contributed by atoms with Crippen LogP contribution >= 0.6 is 0 Å². The Bertz CT molecular complexity index is 150. The van der Waals surface area contributed by atoms with Gasteiger partial charge < -0.3 is 14.9 Å². The van der Waals surface area contributed by atoms with Gasteiger partial charge in [-0.25, -0.2) is 0 Å². The predicted molar refractivity (Wildman–Crippen MR) is 71.1 cm³/mol. The molecule has 3 heteroatoms. The molecule has 0 rings (SSSR count). The molecule has 0 aromatic heterocycles. The summed E-state index contributed by atoms with van der Waals surface area (Å²) in [5.41, 5.74) is 0. The van der Waals surface area contributed by atoms with Crippen molar-refractivity contribution in [3.8, 4) is 0 Å². The van der Waals surface area contributed by atoms with Crippen molar-refractivity contribution < 1.29 is 14.9 Å². The zero-order valence-corrected chi connectivity index (χ0v) is 11.5. The first-order chi connectivity index (χ1) is 8.20. The van der Waals surface area contributed by atoms with Crippen LogP contribution in [0.25, 0.3) is 0 Å². The van der Waals surface area contributed by atoms with Crippen LogP contribution in [0, 0.1) is 0 Å². The molecular formula is C14H30O3. The number of unbranched alkanes of at least 4 members (excludes halogenated alkanes) is 4. The third-order valence-electron chi connectivity index (χ3n) is 3.02. The molecule has 2 unspecified atom stereocenters. The van der Waals surface area contributed by atoms with Gasteiger partial charge in [-0.2, -0.15) is 0 Å². The van der Waals surface area contributed by atoms with Crippen molar-refractivity contribution in [1.82, 2.24) is 0 Å². The van der Waals surface area contributed by atoms with Crippen molar-refractivity contribution in [1.29, 1.82) is 0 Å². The second-order valence-corrected chi connectivity index (χ2v) is 4.78. The largest absolute Gasteiger partial charge is 0.393 e. The molecule has 0 radical (unpaired) electrons. The number of aliphatic hydroxyl groups excluding tert-OH is 2. The first kappa shape index (κ1) is 16.9. The van der Waals surface area contributed by atoms with Gasteiger partial charge in [-0.15, -0.1) is 0 Å². The standard InChI is InChI=1S/C14H30O3/c1-3-5-6-7-8-9-14(16)10-11-17-12-13(15)4-2/h13-16H,3-12H2,1-2H3. The molecule has 2 N–H and O–H groups in total. The molecule has 0 amide bonds. The Kier molecular flexibility index (Phi) is 12.3. The Morgan fingerprint density at radius 1 is 0.882 bits per heavy atom. The minimum Gasteiger partial charge on any atom is -0.393 e. The highest BCUT2D eigenvalue weighted by atomic mass is 16.5. The minimum absolute atomic E-state index is 0.240. The number of hydrogen-bond acceptors (Lipinski definition) is 3. The van der Waals surface area contributed by atoms with Gasteiger partial charge in [-0.3, -0.25) is 0 Å². The zero-order chi connectivity index (χ0) is 12.9. The second kappa shape index (κ2) is 12.3. The first-order valence-corrected chi connectivity index (χ1v) is 7.14. The second-order valence-electron chi connectivity index (χ2n) is 4.78. The molecule has 17 heavy (non-hydrogen) atoms. The smallest absolute Gasteiger partial charge is 0.0771 e. The van der Waals surface area contributed by atoms with Crippen LogP contribution in [-0.2, 0) is 4.74 Å². The maximum atomic E-state index is 9.69. The Hall–Kier alpha value is -0.120. The van der Waals surface area contributed by atoms with E-state index in [9.17, 15) is 10.2 Å². The summed E-state index contributed by atoms with van der Waals surface area (Å²) in [7, 11) is 0. The summed E-state index contributed by atoms with van der Waals surface area (Å²) in [5, 5.41) is 18.9. The fourth-order valence-electron chi connectivity index (χ4n) is 1.68. The monoisotopic (exact) mass is 246 g/mol. The molecule has 0 spiro atoms. The van der Waals surface area contributed by atoms with Gasteiger partial charge in [0, 0.05) is 6.61 Å². The number of hydrogen-bond donors (Lipinski definition) is 2. The minimum atomic E-state index is -0.360. The summed E-state index contributed by atoms with van der Waals surface area (Å²) >= 11 is 0. The molecule has 0 saturated heterocycles. The predicted octanol–water partition coefficient (Wildman–Crippen LogP) is 2.89. The Labute approximate surface area is 106 Å². The maximum absolute atomic E-state index is 9.69. The van der Waals surface area contributed by atoms with Crippen LogP contribution in [0.4, 0.5) is 0 Å².